The lowest BCUT2D eigenvalue weighted by molar-refractivity contribution is -0.0659. The number of esters is 1. The Morgan fingerprint density at radius 3 is 2.65 bits per heavy atom. The lowest BCUT2D eigenvalue weighted by atomic mass is 9.76. The molecule has 1 heterocycles. The first kappa shape index (κ1) is 12.2. The second-order valence-corrected chi connectivity index (χ2v) is 5.25. The lowest BCUT2D eigenvalue weighted by Gasteiger charge is -2.34. The fourth-order valence-electron chi connectivity index (χ4n) is 2.56. The maximum atomic E-state index is 11.3. The average Bonchev–Trinajstić information content (AvgIpc) is 2.85. The van der Waals surface area contributed by atoms with E-state index in [2.05, 4.69) is 4.74 Å². The van der Waals surface area contributed by atoms with Crippen LogP contribution in [-0.2, 0) is 10.3 Å². The molecule has 1 N–H and O–H groups in total. The van der Waals surface area contributed by atoms with Crippen molar-refractivity contribution in [3.63, 3.8) is 0 Å². The highest BCUT2D eigenvalue weighted by molar-refractivity contribution is 5.86. The van der Waals surface area contributed by atoms with Crippen LogP contribution in [-0.4, -0.2) is 18.2 Å². The van der Waals surface area contributed by atoms with E-state index in [4.69, 9.17) is 4.42 Å². The van der Waals surface area contributed by atoms with Crippen LogP contribution >= 0.6 is 0 Å². The van der Waals surface area contributed by atoms with Gasteiger partial charge < -0.3 is 14.3 Å². The maximum absolute atomic E-state index is 11.3. The molecule has 0 aliphatic heterocycles. The zero-order valence-corrected chi connectivity index (χ0v) is 10.4. The van der Waals surface area contributed by atoms with E-state index in [-0.39, 0.29) is 11.2 Å². The summed E-state index contributed by atoms with van der Waals surface area (Å²) < 4.78 is 10.0. The molecular formula is C13H18O4. The number of furan rings is 1. The molecule has 0 radical (unpaired) electrons. The summed E-state index contributed by atoms with van der Waals surface area (Å²) in [5.41, 5.74) is -1.22. The molecule has 1 unspecified atom stereocenters. The van der Waals surface area contributed by atoms with Gasteiger partial charge in [-0.25, -0.2) is 4.79 Å². The summed E-state index contributed by atoms with van der Waals surface area (Å²) >= 11 is 0. The smallest absolute Gasteiger partial charge is 0.373 e. The topological polar surface area (TPSA) is 59.7 Å². The van der Waals surface area contributed by atoms with Gasteiger partial charge >= 0.3 is 5.97 Å². The molecule has 0 aromatic carbocycles. The Balaban J connectivity index is 2.34. The van der Waals surface area contributed by atoms with Gasteiger partial charge in [0.25, 0.3) is 0 Å². The van der Waals surface area contributed by atoms with Crippen molar-refractivity contribution in [2.75, 3.05) is 7.11 Å². The Bertz CT molecular complexity index is 432. The molecule has 17 heavy (non-hydrogen) atoms. The number of aliphatic hydroxyl groups is 1. The van der Waals surface area contributed by atoms with Crippen molar-refractivity contribution in [2.45, 2.75) is 38.7 Å². The van der Waals surface area contributed by atoms with Gasteiger partial charge in [0.1, 0.15) is 11.4 Å². The number of rotatable bonds is 2. The molecule has 0 amide bonds. The molecule has 0 bridgehead atoms. The van der Waals surface area contributed by atoms with Gasteiger partial charge in [-0.1, -0.05) is 13.8 Å². The quantitative estimate of drug-likeness (QED) is 0.804. The van der Waals surface area contributed by atoms with Crippen LogP contribution in [0.1, 0.15) is 49.4 Å². The minimum absolute atomic E-state index is 0.138. The average molecular weight is 238 g/mol. The van der Waals surface area contributed by atoms with Crippen LogP contribution in [0.4, 0.5) is 0 Å². The summed E-state index contributed by atoms with van der Waals surface area (Å²) in [5.74, 6) is 0.0784. The highest BCUT2D eigenvalue weighted by Gasteiger charge is 2.50. The SMILES string of the molecule is COC(=O)c1ccc(C2(O)CCCC2(C)C)o1. The molecule has 94 valence electrons. The fraction of sp³-hybridized carbons (Fsp3) is 0.615. The van der Waals surface area contributed by atoms with E-state index >= 15 is 0 Å². The first-order valence-corrected chi connectivity index (χ1v) is 5.82. The Morgan fingerprint density at radius 2 is 2.12 bits per heavy atom. The summed E-state index contributed by atoms with van der Waals surface area (Å²) in [6.45, 7) is 4.03. The van der Waals surface area contributed by atoms with Crippen molar-refractivity contribution in [3.8, 4) is 0 Å². The number of carbonyl (C=O) groups is 1. The molecule has 4 nitrogen and oxygen atoms in total. The van der Waals surface area contributed by atoms with Crippen LogP contribution < -0.4 is 0 Å². The highest BCUT2D eigenvalue weighted by atomic mass is 16.5. The van der Waals surface area contributed by atoms with Crippen LogP contribution in [0.25, 0.3) is 0 Å². The highest BCUT2D eigenvalue weighted by Crippen LogP contribution is 2.52. The fourth-order valence-corrected chi connectivity index (χ4v) is 2.56. The second kappa shape index (κ2) is 3.88. The van der Waals surface area contributed by atoms with E-state index in [0.29, 0.717) is 12.2 Å². The van der Waals surface area contributed by atoms with Crippen molar-refractivity contribution in [2.24, 2.45) is 5.41 Å². The van der Waals surface area contributed by atoms with Gasteiger partial charge in [-0.3, -0.25) is 0 Å². The van der Waals surface area contributed by atoms with Gasteiger partial charge in [0, 0.05) is 5.41 Å². The minimum Gasteiger partial charge on any atom is -0.463 e. The Hall–Kier alpha value is -1.29. The molecule has 1 saturated carbocycles. The number of carbonyl (C=O) groups excluding carboxylic acids is 1. The van der Waals surface area contributed by atoms with Gasteiger partial charge in [-0.15, -0.1) is 0 Å². The first-order valence-electron chi connectivity index (χ1n) is 5.82. The molecule has 0 saturated heterocycles. The summed E-state index contributed by atoms with van der Waals surface area (Å²) in [4.78, 5) is 11.3. The van der Waals surface area contributed by atoms with Gasteiger partial charge in [0.2, 0.25) is 5.76 Å². The van der Waals surface area contributed by atoms with Gasteiger partial charge in [-0.05, 0) is 31.4 Å². The van der Waals surface area contributed by atoms with Crippen LogP contribution in [0.2, 0.25) is 0 Å². The van der Waals surface area contributed by atoms with E-state index in [0.717, 1.165) is 12.8 Å². The first-order chi connectivity index (χ1) is 7.90. The predicted octanol–water partition coefficient (Wildman–Crippen LogP) is 2.46. The van der Waals surface area contributed by atoms with Crippen LogP contribution in [0, 0.1) is 5.41 Å². The van der Waals surface area contributed by atoms with Gasteiger partial charge in [0.05, 0.1) is 7.11 Å². The lowest BCUT2D eigenvalue weighted by Crippen LogP contribution is -2.36. The Morgan fingerprint density at radius 1 is 1.41 bits per heavy atom. The zero-order chi connectivity index (χ0) is 12.7. The molecule has 1 fully saturated rings. The zero-order valence-electron chi connectivity index (χ0n) is 10.4. The maximum Gasteiger partial charge on any atom is 0.373 e. The summed E-state index contributed by atoms with van der Waals surface area (Å²) in [7, 11) is 1.30. The standard InChI is InChI=1S/C13H18O4/c1-12(2)7-4-8-13(12,15)10-6-5-9(17-10)11(14)16-3/h5-6,15H,4,7-8H2,1-3H3. The summed E-state index contributed by atoms with van der Waals surface area (Å²) in [6, 6.07) is 3.22. The third-order valence-corrected chi connectivity index (χ3v) is 3.86. The van der Waals surface area contributed by atoms with E-state index in [1.54, 1.807) is 12.1 Å². The second-order valence-electron chi connectivity index (χ2n) is 5.25. The van der Waals surface area contributed by atoms with E-state index in [1.807, 2.05) is 13.8 Å². The third-order valence-electron chi connectivity index (χ3n) is 3.86. The Labute approximate surface area is 101 Å². The third kappa shape index (κ3) is 1.76. The summed E-state index contributed by atoms with van der Waals surface area (Å²) in [5, 5.41) is 10.7. The molecule has 1 aliphatic carbocycles. The van der Waals surface area contributed by atoms with Crippen molar-refractivity contribution in [3.05, 3.63) is 23.7 Å². The predicted molar refractivity (Wildman–Crippen MR) is 61.6 cm³/mol. The van der Waals surface area contributed by atoms with Gasteiger partial charge in [0.15, 0.2) is 0 Å². The molecule has 0 spiro atoms. The monoisotopic (exact) mass is 238 g/mol. The summed E-state index contributed by atoms with van der Waals surface area (Å²) in [6.07, 6.45) is 2.56. The number of ether oxygens (including phenoxy) is 1. The van der Waals surface area contributed by atoms with E-state index in [1.165, 1.54) is 7.11 Å². The Kier molecular flexibility index (Phi) is 2.78. The van der Waals surface area contributed by atoms with Crippen LogP contribution in [0.5, 0.6) is 0 Å². The normalized spacial score (nSPS) is 27.1. The largest absolute Gasteiger partial charge is 0.463 e. The molecule has 1 atom stereocenters. The van der Waals surface area contributed by atoms with Crippen LogP contribution in [0.15, 0.2) is 16.5 Å². The molecule has 2 rings (SSSR count). The van der Waals surface area contributed by atoms with Crippen molar-refractivity contribution < 1.29 is 19.1 Å². The van der Waals surface area contributed by atoms with E-state index < -0.39 is 11.6 Å². The van der Waals surface area contributed by atoms with Crippen molar-refractivity contribution in [1.82, 2.24) is 0 Å². The van der Waals surface area contributed by atoms with Gasteiger partial charge in [-0.2, -0.15) is 0 Å². The van der Waals surface area contributed by atoms with E-state index in [9.17, 15) is 9.90 Å². The van der Waals surface area contributed by atoms with Crippen LogP contribution in [0.3, 0.4) is 0 Å². The molecule has 4 heteroatoms. The number of methoxy groups -OCH3 is 1. The molecule has 1 aliphatic rings. The minimum atomic E-state index is -0.987. The van der Waals surface area contributed by atoms with Crippen molar-refractivity contribution >= 4 is 5.97 Å². The molecule has 1 aromatic rings. The number of hydrogen-bond donors (Lipinski definition) is 1. The number of hydrogen-bond acceptors (Lipinski definition) is 4. The molecular weight excluding hydrogens is 220 g/mol. The molecule has 1 aromatic heterocycles. The van der Waals surface area contributed by atoms with Crippen molar-refractivity contribution in [1.29, 1.82) is 0 Å².